The molecule has 2 aliphatic rings. The zero-order chi connectivity index (χ0) is 22.6. The lowest BCUT2D eigenvalue weighted by molar-refractivity contribution is -0.127. The molecule has 6 nitrogen and oxygen atoms in total. The van der Waals surface area contributed by atoms with Gasteiger partial charge in [-0.3, -0.25) is 9.59 Å². The van der Waals surface area contributed by atoms with Crippen LogP contribution in [0.25, 0.3) is 0 Å². The Hall–Kier alpha value is -2.44. The number of carbonyl (C=O) groups is 2. The molecule has 1 aromatic carbocycles. The van der Waals surface area contributed by atoms with Crippen LogP contribution in [0.5, 0.6) is 0 Å². The van der Waals surface area contributed by atoms with Crippen molar-refractivity contribution in [3.05, 3.63) is 65.2 Å². The van der Waals surface area contributed by atoms with Gasteiger partial charge in [-0.05, 0) is 50.1 Å². The summed E-state index contributed by atoms with van der Waals surface area (Å²) in [5, 5.41) is 4.16. The van der Waals surface area contributed by atoms with Crippen LogP contribution in [0.3, 0.4) is 0 Å². The number of nitrogens with one attached hydrogen (secondary N) is 1. The second-order valence-electron chi connectivity index (χ2n) is 7.49. The monoisotopic (exact) mass is 444 g/mol. The average molecular weight is 445 g/mol. The predicted octanol–water partition coefficient (Wildman–Crippen LogP) is 4.28. The number of ketones is 1. The molecule has 1 fully saturated rings. The standard InChI is InChI=1S/C11H13N3O2.C8H9Cl.C5H11N/c1-3-11(16)13-4-5-14-9(8(2)15)6-12-10(14)7-13;1-2-7-5-3-4-6-8(7)9;1-2-4-6-5-3-1/h3,6H,1,4-5,7H2,2H3;3-6H,2H2,1H3;6H,1-5H2. The maximum absolute atomic E-state index is 11.4. The van der Waals surface area contributed by atoms with Crippen LogP contribution >= 0.6 is 11.6 Å². The lowest BCUT2D eigenvalue weighted by Crippen LogP contribution is -2.38. The Balaban J connectivity index is 0.000000190. The zero-order valence-corrected chi connectivity index (χ0v) is 19.3. The first-order chi connectivity index (χ1) is 15.0. The van der Waals surface area contributed by atoms with Crippen LogP contribution in [0.15, 0.2) is 43.1 Å². The van der Waals surface area contributed by atoms with Crippen molar-refractivity contribution in [3.63, 3.8) is 0 Å². The van der Waals surface area contributed by atoms with E-state index in [-0.39, 0.29) is 11.7 Å². The number of imidazole rings is 1. The molecule has 4 rings (SSSR count). The molecule has 0 spiro atoms. The molecule has 0 saturated carbocycles. The number of piperidine rings is 1. The van der Waals surface area contributed by atoms with Gasteiger partial charge in [-0.1, -0.05) is 49.7 Å². The molecule has 2 aliphatic heterocycles. The van der Waals surface area contributed by atoms with Gasteiger partial charge in [0.15, 0.2) is 5.78 Å². The van der Waals surface area contributed by atoms with Crippen molar-refractivity contribution in [3.8, 4) is 0 Å². The lowest BCUT2D eigenvalue weighted by atomic mass is 10.2. The molecule has 0 radical (unpaired) electrons. The van der Waals surface area contributed by atoms with Gasteiger partial charge in [0.05, 0.1) is 12.7 Å². The molecule has 0 aliphatic carbocycles. The fourth-order valence-electron chi connectivity index (χ4n) is 3.45. The minimum Gasteiger partial charge on any atom is -0.330 e. The van der Waals surface area contributed by atoms with Gasteiger partial charge in [0, 0.05) is 25.0 Å². The maximum Gasteiger partial charge on any atom is 0.246 e. The summed E-state index contributed by atoms with van der Waals surface area (Å²) in [7, 11) is 0. The van der Waals surface area contributed by atoms with Crippen molar-refractivity contribution in [2.45, 2.75) is 52.6 Å². The molecule has 1 N–H and O–H groups in total. The summed E-state index contributed by atoms with van der Waals surface area (Å²) < 4.78 is 1.87. The van der Waals surface area contributed by atoms with E-state index in [1.807, 2.05) is 28.8 Å². The third-order valence-electron chi connectivity index (χ3n) is 5.26. The van der Waals surface area contributed by atoms with Crippen molar-refractivity contribution in [2.75, 3.05) is 19.6 Å². The Labute approximate surface area is 190 Å². The number of rotatable bonds is 3. The fourth-order valence-corrected chi connectivity index (χ4v) is 3.71. The number of benzene rings is 1. The molecule has 0 unspecified atom stereocenters. The molecule has 168 valence electrons. The van der Waals surface area contributed by atoms with E-state index >= 15 is 0 Å². The Bertz CT molecular complexity index is 863. The van der Waals surface area contributed by atoms with Crippen molar-refractivity contribution in [2.24, 2.45) is 0 Å². The van der Waals surface area contributed by atoms with Gasteiger partial charge in [-0.15, -0.1) is 0 Å². The highest BCUT2D eigenvalue weighted by Gasteiger charge is 2.22. The van der Waals surface area contributed by atoms with Crippen molar-refractivity contribution in [1.82, 2.24) is 19.8 Å². The highest BCUT2D eigenvalue weighted by molar-refractivity contribution is 6.31. The molecule has 7 heteroatoms. The Morgan fingerprint density at radius 1 is 1.19 bits per heavy atom. The summed E-state index contributed by atoms with van der Waals surface area (Å²) in [6.07, 6.45) is 8.09. The highest BCUT2D eigenvalue weighted by atomic mass is 35.5. The van der Waals surface area contributed by atoms with E-state index in [0.717, 1.165) is 17.3 Å². The second kappa shape index (κ2) is 13.1. The zero-order valence-electron chi connectivity index (χ0n) is 18.6. The number of hydrogen-bond donors (Lipinski definition) is 1. The summed E-state index contributed by atoms with van der Waals surface area (Å²) in [6, 6.07) is 7.91. The minimum absolute atomic E-state index is 0.00208. The van der Waals surface area contributed by atoms with E-state index in [9.17, 15) is 9.59 Å². The Morgan fingerprint density at radius 2 is 1.90 bits per heavy atom. The second-order valence-corrected chi connectivity index (χ2v) is 7.89. The van der Waals surface area contributed by atoms with Crippen LogP contribution in [0, 0.1) is 0 Å². The molecule has 1 saturated heterocycles. The number of fused-ring (bicyclic) bond motifs is 1. The van der Waals surface area contributed by atoms with Crippen LogP contribution in [-0.2, 0) is 24.3 Å². The smallest absolute Gasteiger partial charge is 0.246 e. The first kappa shape index (κ1) is 24.8. The molecule has 1 amide bonds. The van der Waals surface area contributed by atoms with Gasteiger partial charge < -0.3 is 14.8 Å². The van der Waals surface area contributed by atoms with E-state index in [2.05, 4.69) is 23.8 Å². The number of amides is 1. The molecular weight excluding hydrogens is 412 g/mol. The molecule has 0 atom stereocenters. The molecule has 1 aromatic heterocycles. The van der Waals surface area contributed by atoms with Gasteiger partial charge in [-0.2, -0.15) is 0 Å². The largest absolute Gasteiger partial charge is 0.330 e. The molecular formula is C24H33ClN4O2. The number of halogens is 1. The van der Waals surface area contributed by atoms with Crippen molar-refractivity contribution in [1.29, 1.82) is 0 Å². The van der Waals surface area contributed by atoms with Gasteiger partial charge in [0.25, 0.3) is 0 Å². The average Bonchev–Trinajstić information content (AvgIpc) is 3.24. The third-order valence-corrected chi connectivity index (χ3v) is 5.63. The van der Waals surface area contributed by atoms with E-state index in [0.29, 0.717) is 25.3 Å². The van der Waals surface area contributed by atoms with Crippen molar-refractivity contribution >= 4 is 23.3 Å². The first-order valence-electron chi connectivity index (χ1n) is 10.9. The van der Waals surface area contributed by atoms with Gasteiger partial charge in [0.2, 0.25) is 5.91 Å². The Kier molecular flexibility index (Phi) is 10.5. The van der Waals surface area contributed by atoms with Crippen LogP contribution in [0.2, 0.25) is 5.02 Å². The quantitative estimate of drug-likeness (QED) is 0.566. The number of Topliss-reactive ketones (excluding diaryl/α,β-unsaturated/α-hetero) is 1. The van der Waals surface area contributed by atoms with Crippen LogP contribution < -0.4 is 5.32 Å². The maximum atomic E-state index is 11.4. The molecule has 31 heavy (non-hydrogen) atoms. The number of carbonyl (C=O) groups excluding carboxylic acids is 2. The van der Waals surface area contributed by atoms with Crippen LogP contribution in [0.4, 0.5) is 0 Å². The summed E-state index contributed by atoms with van der Waals surface area (Å²) in [5.74, 6) is 0.660. The Morgan fingerprint density at radius 3 is 2.39 bits per heavy atom. The van der Waals surface area contributed by atoms with Gasteiger partial charge in [-0.25, -0.2) is 4.98 Å². The van der Waals surface area contributed by atoms with E-state index in [1.54, 1.807) is 11.1 Å². The van der Waals surface area contributed by atoms with E-state index < -0.39 is 0 Å². The summed E-state index contributed by atoms with van der Waals surface area (Å²) in [5.41, 5.74) is 1.83. The highest BCUT2D eigenvalue weighted by Crippen LogP contribution is 2.15. The lowest BCUT2D eigenvalue weighted by Gasteiger charge is -2.27. The number of aromatic nitrogens is 2. The first-order valence-corrected chi connectivity index (χ1v) is 11.3. The minimum atomic E-state index is -0.0985. The van der Waals surface area contributed by atoms with Crippen LogP contribution in [-0.4, -0.2) is 45.8 Å². The summed E-state index contributed by atoms with van der Waals surface area (Å²) in [6.45, 7) is 11.2. The molecule has 3 heterocycles. The predicted molar refractivity (Wildman–Crippen MR) is 125 cm³/mol. The number of nitrogens with zero attached hydrogens (tertiary/aromatic N) is 3. The van der Waals surface area contributed by atoms with E-state index in [4.69, 9.17) is 11.6 Å². The van der Waals surface area contributed by atoms with Crippen molar-refractivity contribution < 1.29 is 9.59 Å². The van der Waals surface area contributed by atoms with Crippen LogP contribution in [0.1, 0.15) is 55.0 Å². The summed E-state index contributed by atoms with van der Waals surface area (Å²) >= 11 is 5.82. The number of aryl methyl sites for hydroxylation is 1. The number of hydrogen-bond acceptors (Lipinski definition) is 4. The topological polar surface area (TPSA) is 67.2 Å². The molecule has 0 bridgehead atoms. The van der Waals surface area contributed by atoms with Gasteiger partial charge in [0.1, 0.15) is 11.5 Å². The normalized spacial score (nSPS) is 14.9. The summed E-state index contributed by atoms with van der Waals surface area (Å²) in [4.78, 5) is 28.5. The van der Waals surface area contributed by atoms with Gasteiger partial charge >= 0.3 is 0 Å². The fraction of sp³-hybridized carbons (Fsp3) is 0.458. The molecule has 2 aromatic rings. The SMILES string of the molecule is C1CCNCC1.C=CC(=O)N1CCn2c(C(C)=O)cnc2C1.CCc1ccccc1Cl. The third kappa shape index (κ3) is 7.64. The van der Waals surface area contributed by atoms with E-state index in [1.165, 1.54) is 50.9 Å².